The van der Waals surface area contributed by atoms with Gasteiger partial charge in [0.25, 0.3) is 0 Å². The van der Waals surface area contributed by atoms with Crippen LogP contribution in [-0.2, 0) is 0 Å². The third-order valence-corrected chi connectivity index (χ3v) is 2.09. The summed E-state index contributed by atoms with van der Waals surface area (Å²) in [5, 5.41) is 9.41. The van der Waals surface area contributed by atoms with Crippen molar-refractivity contribution in [3.63, 3.8) is 0 Å². The second-order valence-corrected chi connectivity index (χ2v) is 2.83. The van der Waals surface area contributed by atoms with Crippen LogP contribution in [0.3, 0.4) is 0 Å². The zero-order valence-corrected chi connectivity index (χ0v) is 6.20. The maximum Gasteiger partial charge on any atom is 0.119 e. The van der Waals surface area contributed by atoms with E-state index in [4.69, 9.17) is 0 Å². The van der Waals surface area contributed by atoms with Crippen molar-refractivity contribution in [2.75, 3.05) is 0 Å². The van der Waals surface area contributed by atoms with E-state index in [9.17, 15) is 5.11 Å². The molecule has 1 aliphatic rings. The minimum atomic E-state index is 0.418. The molecule has 1 heteroatoms. The van der Waals surface area contributed by atoms with Crippen LogP contribution in [0, 0.1) is 0 Å². The summed E-state index contributed by atoms with van der Waals surface area (Å²) in [4.78, 5) is 0. The smallest absolute Gasteiger partial charge is 0.119 e. The zero-order valence-electron chi connectivity index (χ0n) is 6.20. The van der Waals surface area contributed by atoms with E-state index in [1.165, 1.54) is 0 Å². The van der Waals surface area contributed by atoms with Crippen LogP contribution in [0.15, 0.2) is 36.4 Å². The van der Waals surface area contributed by atoms with Crippen LogP contribution in [0.1, 0.15) is 17.9 Å². The zero-order chi connectivity index (χ0) is 7.68. The highest BCUT2D eigenvalue weighted by molar-refractivity contribution is 5.39. The molecule has 11 heavy (non-hydrogen) atoms. The van der Waals surface area contributed by atoms with E-state index in [2.05, 4.69) is 12.2 Å². The Bertz CT molecular complexity index is 289. The third-order valence-electron chi connectivity index (χ3n) is 2.09. The molecule has 1 nitrogen and oxygen atoms in total. The van der Waals surface area contributed by atoms with Crippen LogP contribution < -0.4 is 0 Å². The van der Waals surface area contributed by atoms with Crippen LogP contribution in [0.25, 0.3) is 0 Å². The molecule has 0 aliphatic heterocycles. The molecule has 0 spiro atoms. The van der Waals surface area contributed by atoms with Crippen LogP contribution >= 0.6 is 0 Å². The van der Waals surface area contributed by atoms with Crippen molar-refractivity contribution in [3.8, 4) is 5.75 Å². The first-order valence-electron chi connectivity index (χ1n) is 3.82. The number of allylic oxidation sites excluding steroid dienone is 2. The van der Waals surface area contributed by atoms with Crippen LogP contribution in [-0.4, -0.2) is 5.11 Å². The van der Waals surface area contributed by atoms with Gasteiger partial charge in [-0.1, -0.05) is 30.4 Å². The lowest BCUT2D eigenvalue weighted by Gasteiger charge is -2.18. The van der Waals surface area contributed by atoms with Gasteiger partial charge in [-0.05, 0) is 12.5 Å². The summed E-state index contributed by atoms with van der Waals surface area (Å²) < 4.78 is 0. The summed E-state index contributed by atoms with van der Waals surface area (Å²) in [5.74, 6) is 0.873. The van der Waals surface area contributed by atoms with Crippen molar-refractivity contribution in [3.05, 3.63) is 42.0 Å². The molecule has 1 unspecified atom stereocenters. The van der Waals surface area contributed by atoms with E-state index < -0.39 is 0 Å². The van der Waals surface area contributed by atoms with Crippen LogP contribution in [0.2, 0.25) is 0 Å². The molecule has 0 bridgehead atoms. The molecule has 1 aromatic rings. The van der Waals surface area contributed by atoms with Crippen molar-refractivity contribution >= 4 is 0 Å². The lowest BCUT2D eigenvalue weighted by Crippen LogP contribution is -2.00. The second kappa shape index (κ2) is 2.42. The van der Waals surface area contributed by atoms with Gasteiger partial charge in [-0.3, -0.25) is 0 Å². The van der Waals surface area contributed by atoms with Crippen molar-refractivity contribution in [2.24, 2.45) is 0 Å². The fraction of sp³-hybridized carbons (Fsp3) is 0.200. The summed E-state index contributed by atoms with van der Waals surface area (Å²) in [6, 6.07) is 7.52. The first-order valence-corrected chi connectivity index (χ1v) is 3.82. The highest BCUT2D eigenvalue weighted by atomic mass is 16.3. The van der Waals surface area contributed by atoms with Gasteiger partial charge in [-0.25, -0.2) is 0 Å². The predicted molar refractivity (Wildman–Crippen MR) is 44.6 cm³/mol. The molecule has 0 fully saturated rings. The first-order chi connectivity index (χ1) is 5.38. The highest BCUT2D eigenvalue weighted by Crippen LogP contribution is 2.34. The number of benzene rings is 1. The molecular formula is C10H10O. The number of hydrogen-bond acceptors (Lipinski definition) is 1. The van der Waals surface area contributed by atoms with E-state index in [1.54, 1.807) is 6.07 Å². The Balaban J connectivity index is 2.36. The molecule has 0 saturated carbocycles. The van der Waals surface area contributed by atoms with E-state index in [1.807, 2.05) is 18.2 Å². The molecule has 1 aliphatic carbocycles. The Morgan fingerprint density at radius 3 is 2.55 bits per heavy atom. The van der Waals surface area contributed by atoms with Crippen molar-refractivity contribution < 1.29 is 5.11 Å². The molecule has 0 radical (unpaired) electrons. The highest BCUT2D eigenvalue weighted by Gasteiger charge is 2.14. The lowest BCUT2D eigenvalue weighted by molar-refractivity contribution is 0.464. The maximum atomic E-state index is 9.41. The average Bonchev–Trinajstić information content (AvgIpc) is 1.90. The van der Waals surface area contributed by atoms with E-state index in [-0.39, 0.29) is 0 Å². The van der Waals surface area contributed by atoms with Gasteiger partial charge in [-0.15, -0.1) is 0 Å². The van der Waals surface area contributed by atoms with Gasteiger partial charge in [0.1, 0.15) is 5.75 Å². The monoisotopic (exact) mass is 146 g/mol. The summed E-state index contributed by atoms with van der Waals surface area (Å²) in [7, 11) is 0. The Labute approximate surface area is 66.0 Å². The Kier molecular flexibility index (Phi) is 1.42. The number of phenolic OH excluding ortho intramolecular Hbond substituents is 1. The second-order valence-electron chi connectivity index (χ2n) is 2.83. The maximum absolute atomic E-state index is 9.41. The third kappa shape index (κ3) is 1.03. The predicted octanol–water partition coefficient (Wildman–Crippen LogP) is 2.44. The molecule has 56 valence electrons. The first kappa shape index (κ1) is 6.47. The topological polar surface area (TPSA) is 20.2 Å². The van der Waals surface area contributed by atoms with Crippen molar-refractivity contribution in [1.29, 1.82) is 0 Å². The van der Waals surface area contributed by atoms with E-state index >= 15 is 0 Å². The Hall–Kier alpha value is -1.24. The molecule has 2 rings (SSSR count). The number of para-hydroxylation sites is 1. The number of aromatic hydroxyl groups is 1. The minimum absolute atomic E-state index is 0.418. The molecule has 1 aromatic carbocycles. The van der Waals surface area contributed by atoms with Gasteiger partial charge in [0.15, 0.2) is 0 Å². The molecule has 1 atom stereocenters. The van der Waals surface area contributed by atoms with Gasteiger partial charge >= 0.3 is 0 Å². The molecule has 0 heterocycles. The quantitative estimate of drug-likeness (QED) is 0.603. The Morgan fingerprint density at radius 2 is 2.00 bits per heavy atom. The largest absolute Gasteiger partial charge is 0.508 e. The van der Waals surface area contributed by atoms with Gasteiger partial charge in [-0.2, -0.15) is 0 Å². The van der Waals surface area contributed by atoms with Crippen molar-refractivity contribution in [2.45, 2.75) is 12.3 Å². The standard InChI is InChI=1S/C10H10O/c11-10-7-2-1-6-9(10)8-4-3-5-8/h1-4,6-8,11H,5H2. The fourth-order valence-corrected chi connectivity index (χ4v) is 1.30. The molecule has 1 N–H and O–H groups in total. The van der Waals surface area contributed by atoms with Gasteiger partial charge in [0.05, 0.1) is 0 Å². The molecule has 0 saturated heterocycles. The molecule has 0 aromatic heterocycles. The van der Waals surface area contributed by atoms with Gasteiger partial charge < -0.3 is 5.11 Å². The van der Waals surface area contributed by atoms with E-state index in [0.29, 0.717) is 11.7 Å². The van der Waals surface area contributed by atoms with Crippen LogP contribution in [0.4, 0.5) is 0 Å². The lowest BCUT2D eigenvalue weighted by atomic mass is 9.87. The normalized spacial score (nSPS) is 21.3. The summed E-state index contributed by atoms with van der Waals surface area (Å²) in [5.41, 5.74) is 1.05. The number of rotatable bonds is 1. The summed E-state index contributed by atoms with van der Waals surface area (Å²) in [6.45, 7) is 0. The summed E-state index contributed by atoms with van der Waals surface area (Å²) >= 11 is 0. The van der Waals surface area contributed by atoms with Crippen LogP contribution in [0.5, 0.6) is 5.75 Å². The molecule has 0 amide bonds. The fourth-order valence-electron chi connectivity index (χ4n) is 1.30. The van der Waals surface area contributed by atoms with Gasteiger partial charge in [0.2, 0.25) is 0 Å². The Morgan fingerprint density at radius 1 is 1.27 bits per heavy atom. The minimum Gasteiger partial charge on any atom is -0.508 e. The molecular weight excluding hydrogens is 136 g/mol. The average molecular weight is 146 g/mol. The van der Waals surface area contributed by atoms with Gasteiger partial charge in [0, 0.05) is 11.5 Å². The number of phenols is 1. The SMILES string of the molecule is Oc1ccccc1C1C=CC1. The van der Waals surface area contributed by atoms with E-state index in [0.717, 1.165) is 12.0 Å². The van der Waals surface area contributed by atoms with Crippen molar-refractivity contribution in [1.82, 2.24) is 0 Å². The number of hydrogen-bond donors (Lipinski definition) is 1. The summed E-state index contributed by atoms with van der Waals surface area (Å²) in [6.07, 6.45) is 5.31.